The maximum Gasteiger partial charge on any atom is 0.122 e. The van der Waals surface area contributed by atoms with Crippen LogP contribution in [-0.2, 0) is 13.1 Å². The lowest BCUT2D eigenvalue weighted by Crippen LogP contribution is -2.48. The maximum atomic E-state index is 4.45. The summed E-state index contributed by atoms with van der Waals surface area (Å²) in [6.45, 7) is 9.86. The second-order valence-corrected chi connectivity index (χ2v) is 4.63. The average Bonchev–Trinajstić information content (AvgIpc) is 2.66. The fourth-order valence-electron chi connectivity index (χ4n) is 2.29. The van der Waals surface area contributed by atoms with Gasteiger partial charge in [-0.15, -0.1) is 0 Å². The van der Waals surface area contributed by atoms with Crippen molar-refractivity contribution in [3.05, 3.63) is 18.2 Å². The summed E-state index contributed by atoms with van der Waals surface area (Å²) in [5, 5.41) is 3.46. The molecule has 1 unspecified atom stereocenters. The molecule has 1 N–H and O–H groups in total. The van der Waals surface area contributed by atoms with Crippen molar-refractivity contribution >= 4 is 0 Å². The van der Waals surface area contributed by atoms with Gasteiger partial charge in [0.1, 0.15) is 5.82 Å². The topological polar surface area (TPSA) is 33.1 Å². The number of aryl methyl sites for hydroxylation is 1. The lowest BCUT2D eigenvalue weighted by Gasteiger charge is -2.31. The summed E-state index contributed by atoms with van der Waals surface area (Å²) in [6.07, 6.45) is 5.17. The lowest BCUT2D eigenvalue weighted by atomic mass is 10.2. The number of hydrogen-bond donors (Lipinski definition) is 1. The summed E-state index contributed by atoms with van der Waals surface area (Å²) in [4.78, 5) is 6.94. The molecular weight excluding hydrogens is 200 g/mol. The summed E-state index contributed by atoms with van der Waals surface area (Å²) in [6, 6.07) is 0.600. The molecule has 1 saturated heterocycles. The molecule has 4 heteroatoms. The van der Waals surface area contributed by atoms with Crippen LogP contribution in [0.15, 0.2) is 12.4 Å². The van der Waals surface area contributed by atoms with Crippen LogP contribution in [0, 0.1) is 0 Å². The Hall–Kier alpha value is -0.870. The van der Waals surface area contributed by atoms with Gasteiger partial charge in [0.15, 0.2) is 0 Å². The monoisotopic (exact) mass is 222 g/mol. The van der Waals surface area contributed by atoms with Gasteiger partial charge < -0.3 is 9.88 Å². The smallest absolute Gasteiger partial charge is 0.122 e. The average molecular weight is 222 g/mol. The van der Waals surface area contributed by atoms with E-state index in [1.165, 1.54) is 12.2 Å². The van der Waals surface area contributed by atoms with Crippen molar-refractivity contribution in [3.63, 3.8) is 0 Å². The second kappa shape index (κ2) is 5.46. The molecule has 0 bridgehead atoms. The van der Waals surface area contributed by atoms with Crippen LogP contribution in [0.2, 0.25) is 0 Å². The van der Waals surface area contributed by atoms with Gasteiger partial charge in [-0.3, -0.25) is 4.90 Å². The molecule has 0 aliphatic carbocycles. The predicted octanol–water partition coefficient (Wildman–Crippen LogP) is 1.09. The van der Waals surface area contributed by atoms with E-state index >= 15 is 0 Å². The zero-order chi connectivity index (χ0) is 11.4. The molecule has 1 aromatic rings. The molecule has 1 atom stereocenters. The van der Waals surface area contributed by atoms with Crippen molar-refractivity contribution < 1.29 is 0 Å². The molecule has 90 valence electrons. The zero-order valence-corrected chi connectivity index (χ0v) is 10.3. The minimum atomic E-state index is 0.600. The van der Waals surface area contributed by atoms with Crippen LogP contribution in [0.1, 0.15) is 26.1 Å². The van der Waals surface area contributed by atoms with Gasteiger partial charge >= 0.3 is 0 Å². The first-order chi connectivity index (χ1) is 7.79. The minimum absolute atomic E-state index is 0.600. The van der Waals surface area contributed by atoms with Gasteiger partial charge in [0.2, 0.25) is 0 Å². The van der Waals surface area contributed by atoms with Crippen LogP contribution in [0.25, 0.3) is 0 Å². The third-order valence-corrected chi connectivity index (χ3v) is 3.08. The molecule has 1 fully saturated rings. The van der Waals surface area contributed by atoms with E-state index in [0.29, 0.717) is 6.04 Å². The Balaban J connectivity index is 1.94. The van der Waals surface area contributed by atoms with Crippen LogP contribution >= 0.6 is 0 Å². The van der Waals surface area contributed by atoms with Crippen molar-refractivity contribution in [2.24, 2.45) is 0 Å². The number of nitrogens with zero attached hydrogens (tertiary/aromatic N) is 3. The first kappa shape index (κ1) is 11.6. The first-order valence-electron chi connectivity index (χ1n) is 6.25. The Bertz CT molecular complexity index is 321. The van der Waals surface area contributed by atoms with E-state index < -0.39 is 0 Å². The Morgan fingerprint density at radius 2 is 2.44 bits per heavy atom. The number of rotatable bonds is 4. The fourth-order valence-corrected chi connectivity index (χ4v) is 2.29. The predicted molar refractivity (Wildman–Crippen MR) is 65.3 cm³/mol. The Kier molecular flexibility index (Phi) is 3.96. The van der Waals surface area contributed by atoms with Gasteiger partial charge in [-0.25, -0.2) is 4.98 Å². The van der Waals surface area contributed by atoms with Gasteiger partial charge in [0.25, 0.3) is 0 Å². The minimum Gasteiger partial charge on any atom is -0.334 e. The van der Waals surface area contributed by atoms with Crippen LogP contribution < -0.4 is 5.32 Å². The SMILES string of the molecule is CCCn1ccnc1CN1CCNC(C)C1. The van der Waals surface area contributed by atoms with Crippen molar-refractivity contribution in [2.45, 2.75) is 39.4 Å². The number of nitrogens with one attached hydrogen (secondary N) is 1. The largest absolute Gasteiger partial charge is 0.334 e. The van der Waals surface area contributed by atoms with Crippen molar-refractivity contribution in [1.29, 1.82) is 0 Å². The summed E-state index contributed by atoms with van der Waals surface area (Å²) < 4.78 is 2.27. The van der Waals surface area contributed by atoms with Crippen molar-refractivity contribution in [3.8, 4) is 0 Å². The van der Waals surface area contributed by atoms with E-state index in [9.17, 15) is 0 Å². The van der Waals surface area contributed by atoms with Gasteiger partial charge in [0.05, 0.1) is 6.54 Å². The third kappa shape index (κ3) is 2.83. The zero-order valence-electron chi connectivity index (χ0n) is 10.3. The van der Waals surface area contributed by atoms with E-state index in [1.807, 2.05) is 6.20 Å². The van der Waals surface area contributed by atoms with Crippen LogP contribution in [0.3, 0.4) is 0 Å². The molecule has 0 aromatic carbocycles. The summed E-state index contributed by atoms with van der Waals surface area (Å²) in [5.41, 5.74) is 0. The Morgan fingerprint density at radius 1 is 1.56 bits per heavy atom. The third-order valence-electron chi connectivity index (χ3n) is 3.08. The summed E-state index contributed by atoms with van der Waals surface area (Å²) >= 11 is 0. The molecule has 0 amide bonds. The molecule has 4 nitrogen and oxygen atoms in total. The van der Waals surface area contributed by atoms with Crippen LogP contribution in [0.4, 0.5) is 0 Å². The summed E-state index contributed by atoms with van der Waals surface area (Å²) in [7, 11) is 0. The molecule has 1 aromatic heterocycles. The highest BCUT2D eigenvalue weighted by Gasteiger charge is 2.17. The van der Waals surface area contributed by atoms with Crippen molar-refractivity contribution in [2.75, 3.05) is 19.6 Å². The molecule has 2 rings (SSSR count). The molecule has 1 aliphatic rings. The number of piperazine rings is 1. The van der Waals surface area contributed by atoms with E-state index in [0.717, 1.165) is 32.7 Å². The van der Waals surface area contributed by atoms with E-state index in [1.54, 1.807) is 0 Å². The quantitative estimate of drug-likeness (QED) is 0.828. The second-order valence-electron chi connectivity index (χ2n) is 4.63. The van der Waals surface area contributed by atoms with Gasteiger partial charge in [-0.1, -0.05) is 6.92 Å². The van der Waals surface area contributed by atoms with Crippen molar-refractivity contribution in [1.82, 2.24) is 19.8 Å². The van der Waals surface area contributed by atoms with E-state index in [2.05, 4.69) is 39.8 Å². The maximum absolute atomic E-state index is 4.45. The van der Waals surface area contributed by atoms with Gasteiger partial charge in [0, 0.05) is 44.6 Å². The lowest BCUT2D eigenvalue weighted by molar-refractivity contribution is 0.193. The van der Waals surface area contributed by atoms with E-state index in [4.69, 9.17) is 0 Å². The summed E-state index contributed by atoms with van der Waals surface area (Å²) in [5.74, 6) is 1.20. The molecule has 16 heavy (non-hydrogen) atoms. The molecule has 0 radical (unpaired) electrons. The fraction of sp³-hybridized carbons (Fsp3) is 0.750. The Morgan fingerprint density at radius 3 is 3.19 bits per heavy atom. The number of hydrogen-bond acceptors (Lipinski definition) is 3. The van der Waals surface area contributed by atoms with Crippen LogP contribution in [0.5, 0.6) is 0 Å². The molecule has 1 aliphatic heterocycles. The number of imidazole rings is 1. The normalized spacial score (nSPS) is 22.5. The van der Waals surface area contributed by atoms with E-state index in [-0.39, 0.29) is 0 Å². The Labute approximate surface area is 97.7 Å². The highest BCUT2D eigenvalue weighted by Crippen LogP contribution is 2.07. The standard InChI is InChI=1S/C12H22N4/c1-3-6-16-8-5-14-12(16)10-15-7-4-13-11(2)9-15/h5,8,11,13H,3-4,6-7,9-10H2,1-2H3. The molecule has 2 heterocycles. The molecule has 0 saturated carbocycles. The van der Waals surface area contributed by atoms with Gasteiger partial charge in [-0.2, -0.15) is 0 Å². The number of aromatic nitrogens is 2. The highest BCUT2D eigenvalue weighted by molar-refractivity contribution is 4.93. The van der Waals surface area contributed by atoms with Gasteiger partial charge in [-0.05, 0) is 13.3 Å². The first-order valence-corrected chi connectivity index (χ1v) is 6.25. The highest BCUT2D eigenvalue weighted by atomic mass is 15.2. The molecular formula is C12H22N4. The molecule has 0 spiro atoms. The van der Waals surface area contributed by atoms with Crippen LogP contribution in [-0.4, -0.2) is 40.1 Å².